The Hall–Kier alpha value is -8.14. The highest BCUT2D eigenvalue weighted by Gasteiger charge is 2.45. The van der Waals surface area contributed by atoms with E-state index in [0.717, 1.165) is 72.3 Å². The van der Waals surface area contributed by atoms with E-state index in [2.05, 4.69) is 200 Å². The van der Waals surface area contributed by atoms with Crippen LogP contribution in [0.4, 0.5) is 0 Å². The Labute approximate surface area is 360 Å². The van der Waals surface area contributed by atoms with Gasteiger partial charge in [-0.3, -0.25) is 0 Å². The van der Waals surface area contributed by atoms with E-state index in [0.29, 0.717) is 5.82 Å². The van der Waals surface area contributed by atoms with E-state index in [1.807, 2.05) is 30.3 Å². The molecule has 0 amide bonds. The van der Waals surface area contributed by atoms with Crippen molar-refractivity contribution >= 4 is 21.9 Å². The fourth-order valence-corrected chi connectivity index (χ4v) is 9.81. The van der Waals surface area contributed by atoms with Gasteiger partial charge in [-0.05, 0) is 62.2 Å². The number of hydrogen-bond acceptors (Lipinski definition) is 3. The molecule has 3 nitrogen and oxygen atoms in total. The molecule has 0 spiro atoms. The summed E-state index contributed by atoms with van der Waals surface area (Å²) in [6, 6.07) is 82.2. The van der Waals surface area contributed by atoms with Gasteiger partial charge >= 0.3 is 0 Å². The van der Waals surface area contributed by atoms with Crippen LogP contribution in [0.5, 0.6) is 0 Å². The van der Waals surface area contributed by atoms with Gasteiger partial charge < -0.3 is 4.42 Å². The summed E-state index contributed by atoms with van der Waals surface area (Å²) < 4.78 is 6.39. The Kier molecular flexibility index (Phi) is 8.39. The minimum Gasteiger partial charge on any atom is -0.455 e. The Morgan fingerprint density at radius 3 is 1.55 bits per heavy atom. The van der Waals surface area contributed by atoms with Crippen LogP contribution in [0.2, 0.25) is 0 Å². The molecular weight excluding hydrogens is 753 g/mol. The van der Waals surface area contributed by atoms with E-state index in [1.165, 1.54) is 33.4 Å². The molecule has 1 aliphatic rings. The summed E-state index contributed by atoms with van der Waals surface area (Å²) in [5.41, 5.74) is 18.1. The van der Waals surface area contributed by atoms with Crippen LogP contribution in [0.15, 0.2) is 235 Å². The first-order valence-corrected chi connectivity index (χ1v) is 21.1. The van der Waals surface area contributed by atoms with Gasteiger partial charge in [-0.15, -0.1) is 0 Å². The number of hydrogen-bond donors (Lipinski definition) is 0. The molecule has 0 saturated carbocycles. The maximum atomic E-state index is 6.39. The highest BCUT2D eigenvalue weighted by atomic mass is 16.3. The van der Waals surface area contributed by atoms with Crippen molar-refractivity contribution in [1.29, 1.82) is 0 Å². The molecule has 62 heavy (non-hydrogen) atoms. The van der Waals surface area contributed by atoms with Crippen LogP contribution in [-0.4, -0.2) is 9.97 Å². The van der Waals surface area contributed by atoms with E-state index in [4.69, 9.17) is 14.4 Å². The van der Waals surface area contributed by atoms with Gasteiger partial charge in [-0.1, -0.05) is 218 Å². The van der Waals surface area contributed by atoms with E-state index < -0.39 is 5.41 Å². The summed E-state index contributed by atoms with van der Waals surface area (Å²) in [4.78, 5) is 10.4. The molecule has 9 aromatic carbocycles. The minimum atomic E-state index is -0.452. The lowest BCUT2D eigenvalue weighted by Crippen LogP contribution is -2.28. The fourth-order valence-electron chi connectivity index (χ4n) is 9.81. The third-order valence-electron chi connectivity index (χ3n) is 12.6. The lowest BCUT2D eigenvalue weighted by molar-refractivity contribution is 0.670. The molecule has 0 bridgehead atoms. The zero-order valence-corrected chi connectivity index (χ0v) is 33.7. The van der Waals surface area contributed by atoms with Gasteiger partial charge in [0.05, 0.1) is 16.8 Å². The summed E-state index contributed by atoms with van der Waals surface area (Å²) in [6.07, 6.45) is 0. The van der Waals surface area contributed by atoms with Crippen LogP contribution in [0.25, 0.3) is 89.2 Å². The summed E-state index contributed by atoms with van der Waals surface area (Å²) in [7, 11) is 0. The predicted molar refractivity (Wildman–Crippen MR) is 254 cm³/mol. The second-order valence-electron chi connectivity index (χ2n) is 16.0. The van der Waals surface area contributed by atoms with Crippen LogP contribution in [0, 0.1) is 0 Å². The average Bonchev–Trinajstić information content (AvgIpc) is 3.89. The summed E-state index contributed by atoms with van der Waals surface area (Å²) in [6.45, 7) is 0. The molecule has 2 heterocycles. The Balaban J connectivity index is 0.963. The van der Waals surface area contributed by atoms with Crippen LogP contribution >= 0.6 is 0 Å². The lowest BCUT2D eigenvalue weighted by atomic mass is 9.67. The standard InChI is InChI=1S/C59H38N2O/c1-3-16-42(17-4-1)58-60-54(41-32-30-40(31-33-41)46-25-15-26-51-50-24-11-14-29-56(50)62-57(46)51)38-55(61-58)49-23-8-7-20-45(49)39-34-36-44(37-35-39)59(43-18-5-2-6-19-43)52-27-12-9-21-47(52)48-22-10-13-28-53(48)59/h1-38H. The maximum Gasteiger partial charge on any atom is 0.160 e. The lowest BCUT2D eigenvalue weighted by Gasteiger charge is -2.34. The first-order valence-electron chi connectivity index (χ1n) is 21.1. The van der Waals surface area contributed by atoms with Crippen molar-refractivity contribution in [3.63, 3.8) is 0 Å². The molecule has 11 aromatic rings. The molecule has 0 atom stereocenters. The average molecular weight is 791 g/mol. The van der Waals surface area contributed by atoms with Gasteiger partial charge in [0.25, 0.3) is 0 Å². The second kappa shape index (κ2) is 14.5. The van der Waals surface area contributed by atoms with Gasteiger partial charge in [0, 0.05) is 33.0 Å². The van der Waals surface area contributed by atoms with E-state index >= 15 is 0 Å². The molecule has 2 aromatic heterocycles. The predicted octanol–water partition coefficient (Wildman–Crippen LogP) is 15.1. The molecule has 12 rings (SSSR count). The third kappa shape index (κ3) is 5.67. The zero-order valence-electron chi connectivity index (χ0n) is 33.7. The first-order chi connectivity index (χ1) is 30.7. The van der Waals surface area contributed by atoms with Crippen molar-refractivity contribution in [2.45, 2.75) is 5.41 Å². The van der Waals surface area contributed by atoms with Crippen LogP contribution < -0.4 is 0 Å². The van der Waals surface area contributed by atoms with Crippen molar-refractivity contribution in [3.05, 3.63) is 253 Å². The van der Waals surface area contributed by atoms with Crippen LogP contribution in [-0.2, 0) is 5.41 Å². The maximum absolute atomic E-state index is 6.39. The van der Waals surface area contributed by atoms with Crippen LogP contribution in [0.3, 0.4) is 0 Å². The van der Waals surface area contributed by atoms with Gasteiger partial charge in [0.15, 0.2) is 5.82 Å². The Morgan fingerprint density at radius 1 is 0.323 bits per heavy atom. The number of aromatic nitrogens is 2. The van der Waals surface area contributed by atoms with Gasteiger partial charge in [0.2, 0.25) is 0 Å². The number of furan rings is 1. The van der Waals surface area contributed by atoms with E-state index in [-0.39, 0.29) is 0 Å². The largest absolute Gasteiger partial charge is 0.455 e. The number of rotatable bonds is 7. The second-order valence-corrected chi connectivity index (χ2v) is 16.0. The molecule has 0 fully saturated rings. The quantitative estimate of drug-likeness (QED) is 0.161. The molecule has 0 N–H and O–H groups in total. The van der Waals surface area contributed by atoms with Crippen molar-refractivity contribution in [3.8, 4) is 67.3 Å². The van der Waals surface area contributed by atoms with Crippen molar-refractivity contribution < 1.29 is 4.42 Å². The SMILES string of the molecule is c1ccc(-c2nc(-c3ccc(-c4cccc5c4oc4ccccc45)cc3)cc(-c3ccccc3-c3ccc(C4(c5ccccc5)c5ccccc5-c5ccccc54)cc3)n2)cc1. The van der Waals surface area contributed by atoms with Gasteiger partial charge in [0.1, 0.15) is 11.2 Å². The third-order valence-corrected chi connectivity index (χ3v) is 12.6. The normalized spacial score (nSPS) is 12.6. The van der Waals surface area contributed by atoms with Crippen LogP contribution in [0.1, 0.15) is 22.3 Å². The minimum absolute atomic E-state index is 0.452. The molecular formula is C59H38N2O. The van der Waals surface area contributed by atoms with Crippen molar-refractivity contribution in [1.82, 2.24) is 9.97 Å². The summed E-state index contributed by atoms with van der Waals surface area (Å²) >= 11 is 0. The molecule has 290 valence electrons. The van der Waals surface area contributed by atoms with E-state index in [9.17, 15) is 0 Å². The monoisotopic (exact) mass is 790 g/mol. The van der Waals surface area contributed by atoms with E-state index in [1.54, 1.807) is 0 Å². The summed E-state index contributed by atoms with van der Waals surface area (Å²) in [5, 5.41) is 2.24. The molecule has 0 radical (unpaired) electrons. The molecule has 0 saturated heterocycles. The molecule has 3 heteroatoms. The Bertz CT molecular complexity index is 3400. The van der Waals surface area contributed by atoms with Crippen molar-refractivity contribution in [2.24, 2.45) is 0 Å². The number of para-hydroxylation sites is 2. The topological polar surface area (TPSA) is 38.9 Å². The highest BCUT2D eigenvalue weighted by molar-refractivity contribution is 6.09. The molecule has 0 aliphatic heterocycles. The summed E-state index contributed by atoms with van der Waals surface area (Å²) in [5.74, 6) is 0.683. The molecule has 0 unspecified atom stereocenters. The van der Waals surface area contributed by atoms with Gasteiger partial charge in [-0.2, -0.15) is 0 Å². The molecule has 1 aliphatic carbocycles. The smallest absolute Gasteiger partial charge is 0.160 e. The Morgan fingerprint density at radius 2 is 0.823 bits per heavy atom. The first kappa shape index (κ1) is 35.8. The number of nitrogens with zero attached hydrogens (tertiary/aromatic N) is 2. The van der Waals surface area contributed by atoms with Gasteiger partial charge in [-0.25, -0.2) is 9.97 Å². The number of benzene rings is 9. The zero-order chi connectivity index (χ0) is 41.0. The highest BCUT2D eigenvalue weighted by Crippen LogP contribution is 2.56. The fraction of sp³-hybridized carbons (Fsp3) is 0.0169. The van der Waals surface area contributed by atoms with Crippen molar-refractivity contribution in [2.75, 3.05) is 0 Å². The number of fused-ring (bicyclic) bond motifs is 6.